The summed E-state index contributed by atoms with van der Waals surface area (Å²) in [5, 5.41) is 0. The number of nitrogens with zero attached hydrogens (tertiary/aromatic N) is 2. The van der Waals surface area contributed by atoms with Crippen LogP contribution in [0.4, 0.5) is 5.69 Å². The quantitative estimate of drug-likeness (QED) is 0.759. The summed E-state index contributed by atoms with van der Waals surface area (Å²) >= 11 is 0. The Balaban J connectivity index is 2.07. The molecule has 2 nitrogen and oxygen atoms in total. The van der Waals surface area contributed by atoms with E-state index in [0.29, 0.717) is 6.04 Å². The molecule has 1 heterocycles. The van der Waals surface area contributed by atoms with Gasteiger partial charge < -0.3 is 9.80 Å². The Morgan fingerprint density at radius 2 is 1.62 bits per heavy atom. The molecule has 1 aliphatic rings. The zero-order valence-electron chi connectivity index (χ0n) is 9.88. The lowest BCUT2D eigenvalue weighted by Crippen LogP contribution is -2.26. The minimum atomic E-state index is 0.561. The van der Waals surface area contributed by atoms with Gasteiger partial charge in [0.1, 0.15) is 0 Å². The van der Waals surface area contributed by atoms with Crippen LogP contribution >= 0.6 is 0 Å². The molecule has 2 rings (SSSR count). The molecule has 1 unspecified atom stereocenters. The van der Waals surface area contributed by atoms with Gasteiger partial charge in [-0.1, -0.05) is 25.1 Å². The first-order chi connectivity index (χ1) is 7.81. The summed E-state index contributed by atoms with van der Waals surface area (Å²) in [5.41, 5.74) is 1.19. The van der Waals surface area contributed by atoms with Crippen molar-refractivity contribution in [3.63, 3.8) is 0 Å². The van der Waals surface area contributed by atoms with Gasteiger partial charge in [-0.25, -0.2) is 0 Å². The summed E-state index contributed by atoms with van der Waals surface area (Å²) in [6, 6.07) is 10.9. The first kappa shape index (κ1) is 10.8. The average Bonchev–Trinajstić information content (AvgIpc) is 2.39. The van der Waals surface area contributed by atoms with E-state index >= 15 is 0 Å². The molecular formula is C14H18N2. The van der Waals surface area contributed by atoms with Crippen molar-refractivity contribution in [2.24, 2.45) is 0 Å². The molecule has 0 fully saturated rings. The largest absolute Gasteiger partial charge is 0.349 e. The Morgan fingerprint density at radius 3 is 2.19 bits per heavy atom. The monoisotopic (exact) mass is 214 g/mol. The number of anilines is 1. The Morgan fingerprint density at radius 1 is 1.00 bits per heavy atom. The van der Waals surface area contributed by atoms with Crippen LogP contribution in [0.15, 0.2) is 55.1 Å². The van der Waals surface area contributed by atoms with Gasteiger partial charge in [0.25, 0.3) is 0 Å². The van der Waals surface area contributed by atoms with Crippen LogP contribution in [-0.4, -0.2) is 10.9 Å². The van der Waals surface area contributed by atoms with Crippen LogP contribution in [0.2, 0.25) is 0 Å². The van der Waals surface area contributed by atoms with E-state index in [0.717, 1.165) is 6.42 Å². The zero-order chi connectivity index (χ0) is 11.4. The topological polar surface area (TPSA) is 6.48 Å². The first-order valence-corrected chi connectivity index (χ1v) is 5.78. The van der Waals surface area contributed by atoms with E-state index in [2.05, 4.69) is 72.7 Å². The highest BCUT2D eigenvalue weighted by atomic mass is 15.2. The van der Waals surface area contributed by atoms with Crippen molar-refractivity contribution in [3.8, 4) is 0 Å². The van der Waals surface area contributed by atoms with Crippen LogP contribution in [0.3, 0.4) is 0 Å². The van der Waals surface area contributed by atoms with Crippen molar-refractivity contribution < 1.29 is 0 Å². The lowest BCUT2D eigenvalue weighted by atomic mass is 10.2. The molecule has 2 heteroatoms. The minimum Gasteiger partial charge on any atom is -0.349 e. The Labute approximate surface area is 97.5 Å². The molecule has 0 saturated carbocycles. The van der Waals surface area contributed by atoms with Gasteiger partial charge in [0, 0.05) is 36.5 Å². The van der Waals surface area contributed by atoms with Gasteiger partial charge in [-0.05, 0) is 25.5 Å². The lowest BCUT2D eigenvalue weighted by Gasteiger charge is -2.29. The van der Waals surface area contributed by atoms with Crippen LogP contribution in [0.5, 0.6) is 0 Å². The van der Waals surface area contributed by atoms with E-state index in [4.69, 9.17) is 0 Å². The van der Waals surface area contributed by atoms with E-state index in [1.165, 1.54) is 5.69 Å². The molecule has 0 radical (unpaired) electrons. The van der Waals surface area contributed by atoms with Gasteiger partial charge in [0.2, 0.25) is 0 Å². The van der Waals surface area contributed by atoms with Crippen molar-refractivity contribution in [2.45, 2.75) is 26.3 Å². The van der Waals surface area contributed by atoms with Gasteiger partial charge in [-0.2, -0.15) is 0 Å². The molecule has 0 bridgehead atoms. The van der Waals surface area contributed by atoms with Crippen molar-refractivity contribution in [2.75, 3.05) is 4.90 Å². The number of rotatable bonds is 3. The van der Waals surface area contributed by atoms with Crippen LogP contribution < -0.4 is 4.90 Å². The summed E-state index contributed by atoms with van der Waals surface area (Å²) in [7, 11) is 0. The van der Waals surface area contributed by atoms with E-state index in [1.807, 2.05) is 6.07 Å². The maximum Gasteiger partial charge on any atom is 0.0450 e. The van der Waals surface area contributed by atoms with Crippen molar-refractivity contribution in [3.05, 3.63) is 55.1 Å². The Kier molecular flexibility index (Phi) is 3.30. The molecule has 16 heavy (non-hydrogen) atoms. The molecule has 1 aliphatic heterocycles. The summed E-state index contributed by atoms with van der Waals surface area (Å²) in [4.78, 5) is 4.36. The maximum absolute atomic E-state index is 2.24. The lowest BCUT2D eigenvalue weighted by molar-refractivity contribution is 0.375. The molecule has 1 aromatic rings. The average molecular weight is 214 g/mol. The summed E-state index contributed by atoms with van der Waals surface area (Å²) < 4.78 is 0. The van der Waals surface area contributed by atoms with Gasteiger partial charge in [0.15, 0.2) is 0 Å². The second-order valence-electron chi connectivity index (χ2n) is 4.04. The van der Waals surface area contributed by atoms with Gasteiger partial charge in [0.05, 0.1) is 0 Å². The standard InChI is InChI=1S/C14H18N2/c1-3-13(2)15-9-11-16(12-10-15)14-7-5-4-6-8-14/h4-13H,3H2,1-2H3. The van der Waals surface area contributed by atoms with Gasteiger partial charge in [-0.15, -0.1) is 0 Å². The third-order valence-corrected chi connectivity index (χ3v) is 2.95. The molecule has 0 aromatic heterocycles. The smallest absolute Gasteiger partial charge is 0.0450 e. The SMILES string of the molecule is CCC(C)N1C=CN(c2ccccc2)C=C1. The maximum atomic E-state index is 2.24. The summed E-state index contributed by atoms with van der Waals surface area (Å²) in [5.74, 6) is 0. The normalized spacial score (nSPS) is 16.6. The molecule has 1 atom stereocenters. The third-order valence-electron chi connectivity index (χ3n) is 2.95. The van der Waals surface area contributed by atoms with E-state index in [9.17, 15) is 0 Å². The van der Waals surface area contributed by atoms with Crippen LogP contribution in [0.25, 0.3) is 0 Å². The van der Waals surface area contributed by atoms with Gasteiger partial charge in [-0.3, -0.25) is 0 Å². The predicted molar refractivity (Wildman–Crippen MR) is 68.8 cm³/mol. The second kappa shape index (κ2) is 4.88. The molecular weight excluding hydrogens is 196 g/mol. The highest BCUT2D eigenvalue weighted by Crippen LogP contribution is 2.18. The number of hydrogen-bond donors (Lipinski definition) is 0. The highest BCUT2D eigenvalue weighted by Gasteiger charge is 2.09. The third kappa shape index (κ3) is 2.27. The number of benzene rings is 1. The predicted octanol–water partition coefficient (Wildman–Crippen LogP) is 3.55. The minimum absolute atomic E-state index is 0.561. The Hall–Kier alpha value is -1.70. The fourth-order valence-electron chi connectivity index (χ4n) is 1.67. The molecule has 0 spiro atoms. The fourth-order valence-corrected chi connectivity index (χ4v) is 1.67. The van der Waals surface area contributed by atoms with Crippen LogP contribution in [0, 0.1) is 0 Å². The van der Waals surface area contributed by atoms with Crippen molar-refractivity contribution in [1.82, 2.24) is 4.90 Å². The Bertz CT molecular complexity index is 367. The van der Waals surface area contributed by atoms with Crippen LogP contribution in [0.1, 0.15) is 20.3 Å². The summed E-state index contributed by atoms with van der Waals surface area (Å²) in [6.45, 7) is 4.43. The molecule has 0 saturated heterocycles. The number of hydrogen-bond acceptors (Lipinski definition) is 2. The highest BCUT2D eigenvalue weighted by molar-refractivity contribution is 5.52. The zero-order valence-corrected chi connectivity index (χ0v) is 9.88. The van der Waals surface area contributed by atoms with E-state index < -0.39 is 0 Å². The second-order valence-corrected chi connectivity index (χ2v) is 4.04. The molecule has 0 amide bonds. The van der Waals surface area contributed by atoms with E-state index in [-0.39, 0.29) is 0 Å². The van der Waals surface area contributed by atoms with Gasteiger partial charge >= 0.3 is 0 Å². The first-order valence-electron chi connectivity index (χ1n) is 5.78. The van der Waals surface area contributed by atoms with Crippen molar-refractivity contribution >= 4 is 5.69 Å². The van der Waals surface area contributed by atoms with Crippen molar-refractivity contribution in [1.29, 1.82) is 0 Å². The fraction of sp³-hybridized carbons (Fsp3) is 0.286. The van der Waals surface area contributed by atoms with Crippen LogP contribution in [-0.2, 0) is 0 Å². The van der Waals surface area contributed by atoms with E-state index in [1.54, 1.807) is 0 Å². The molecule has 0 aliphatic carbocycles. The molecule has 1 aromatic carbocycles. The summed E-state index contributed by atoms with van der Waals surface area (Å²) in [6.07, 6.45) is 9.60. The number of para-hydroxylation sites is 1. The molecule has 84 valence electrons. The molecule has 0 N–H and O–H groups in total.